The molecule has 1 aliphatic heterocycles. The van der Waals surface area contributed by atoms with Crippen LogP contribution in [0.5, 0.6) is 0 Å². The van der Waals surface area contributed by atoms with Crippen LogP contribution in [0.25, 0.3) is 22.7 Å². The molecule has 2 aromatic heterocycles. The van der Waals surface area contributed by atoms with Gasteiger partial charge in [-0.2, -0.15) is 0 Å². The molecule has 5 nitrogen and oxygen atoms in total. The second-order valence-corrected chi connectivity index (χ2v) is 8.53. The molecule has 0 saturated carbocycles. The molecular formula is C25H19FN4OS. The summed E-state index contributed by atoms with van der Waals surface area (Å²) in [7, 11) is 0. The molecule has 32 heavy (non-hydrogen) atoms. The van der Waals surface area contributed by atoms with Crippen LogP contribution in [0.2, 0.25) is 0 Å². The second kappa shape index (κ2) is 8.09. The molecule has 2 aromatic carbocycles. The van der Waals surface area contributed by atoms with Gasteiger partial charge in [-0.05, 0) is 91.8 Å². The molecular weight excluding hydrogens is 423 g/mol. The maximum Gasteiger partial charge on any atom is 0.264 e. The zero-order valence-electron chi connectivity index (χ0n) is 17.5. The van der Waals surface area contributed by atoms with E-state index in [9.17, 15) is 9.18 Å². The maximum atomic E-state index is 13.1. The van der Waals surface area contributed by atoms with Crippen LogP contribution in [-0.4, -0.2) is 20.6 Å². The van der Waals surface area contributed by atoms with E-state index < -0.39 is 0 Å². The Morgan fingerprint density at radius 1 is 1.09 bits per heavy atom. The van der Waals surface area contributed by atoms with Gasteiger partial charge >= 0.3 is 0 Å². The van der Waals surface area contributed by atoms with Gasteiger partial charge in [0.15, 0.2) is 5.17 Å². The topological polar surface area (TPSA) is 59.3 Å². The van der Waals surface area contributed by atoms with Crippen molar-refractivity contribution >= 4 is 45.5 Å². The SMILES string of the molecule is Cc1cc(/C=C2\SC(=Nc3ccc(F)cc3)NC2=O)c(C)n1-c1ccc2ncccc2c1. The lowest BCUT2D eigenvalue weighted by atomic mass is 10.2. The average molecular weight is 443 g/mol. The van der Waals surface area contributed by atoms with Crippen molar-refractivity contribution in [3.8, 4) is 5.69 Å². The highest BCUT2D eigenvalue weighted by Crippen LogP contribution is 2.31. The average Bonchev–Trinajstić information content (AvgIpc) is 3.27. The van der Waals surface area contributed by atoms with Crippen molar-refractivity contribution in [2.45, 2.75) is 13.8 Å². The molecule has 0 aliphatic carbocycles. The van der Waals surface area contributed by atoms with Gasteiger partial charge in [-0.15, -0.1) is 0 Å². The number of nitrogens with one attached hydrogen (secondary N) is 1. The Bertz CT molecular complexity index is 1420. The Morgan fingerprint density at radius 3 is 2.72 bits per heavy atom. The van der Waals surface area contributed by atoms with E-state index in [1.165, 1.54) is 23.9 Å². The number of benzene rings is 2. The first-order chi connectivity index (χ1) is 15.5. The maximum absolute atomic E-state index is 13.1. The Balaban J connectivity index is 1.46. The summed E-state index contributed by atoms with van der Waals surface area (Å²) >= 11 is 1.27. The number of halogens is 1. The first-order valence-electron chi connectivity index (χ1n) is 10.1. The van der Waals surface area contributed by atoms with E-state index in [1.54, 1.807) is 18.3 Å². The van der Waals surface area contributed by atoms with Gasteiger partial charge in [0.25, 0.3) is 5.91 Å². The Labute approximate surface area is 188 Å². The highest BCUT2D eigenvalue weighted by Gasteiger charge is 2.24. The van der Waals surface area contributed by atoms with Gasteiger partial charge in [0.1, 0.15) is 5.82 Å². The molecule has 1 saturated heterocycles. The fraction of sp³-hybridized carbons (Fsp3) is 0.0800. The van der Waals surface area contributed by atoms with E-state index in [0.29, 0.717) is 15.8 Å². The van der Waals surface area contributed by atoms with Crippen LogP contribution in [0.15, 0.2) is 76.8 Å². The normalized spacial score (nSPS) is 16.3. The van der Waals surface area contributed by atoms with Gasteiger partial charge < -0.3 is 9.88 Å². The quantitative estimate of drug-likeness (QED) is 0.416. The number of carbonyl (C=O) groups is 1. The van der Waals surface area contributed by atoms with E-state index >= 15 is 0 Å². The molecule has 0 bridgehead atoms. The number of aromatic nitrogens is 2. The van der Waals surface area contributed by atoms with E-state index in [-0.39, 0.29) is 11.7 Å². The summed E-state index contributed by atoms with van der Waals surface area (Å²) in [4.78, 5) is 21.8. The Morgan fingerprint density at radius 2 is 1.91 bits per heavy atom. The third-order valence-electron chi connectivity index (χ3n) is 5.31. The minimum absolute atomic E-state index is 0.197. The number of hydrogen-bond donors (Lipinski definition) is 1. The molecule has 1 fully saturated rings. The molecule has 5 rings (SSSR count). The van der Waals surface area contributed by atoms with Gasteiger partial charge in [0, 0.05) is 28.7 Å². The van der Waals surface area contributed by atoms with E-state index in [4.69, 9.17) is 0 Å². The summed E-state index contributed by atoms with van der Waals surface area (Å²) in [6.07, 6.45) is 3.67. The first kappa shape index (κ1) is 20.2. The minimum atomic E-state index is -0.323. The van der Waals surface area contributed by atoms with Gasteiger partial charge in [0.2, 0.25) is 0 Å². The van der Waals surface area contributed by atoms with Gasteiger partial charge in [-0.25, -0.2) is 9.38 Å². The predicted molar refractivity (Wildman–Crippen MR) is 128 cm³/mol. The summed E-state index contributed by atoms with van der Waals surface area (Å²) in [6.45, 7) is 4.09. The summed E-state index contributed by atoms with van der Waals surface area (Å²) in [5.41, 5.74) is 5.66. The smallest absolute Gasteiger partial charge is 0.264 e. The van der Waals surface area contributed by atoms with Crippen molar-refractivity contribution in [3.05, 3.63) is 94.5 Å². The first-order valence-corrected chi connectivity index (χ1v) is 10.9. The van der Waals surface area contributed by atoms with Gasteiger partial charge in [-0.1, -0.05) is 6.07 Å². The van der Waals surface area contributed by atoms with E-state index in [0.717, 1.165) is 33.5 Å². The minimum Gasteiger partial charge on any atom is -0.318 e. The van der Waals surface area contributed by atoms with Crippen molar-refractivity contribution in [1.82, 2.24) is 14.9 Å². The number of aliphatic imine (C=N–C) groups is 1. The number of rotatable bonds is 3. The zero-order chi connectivity index (χ0) is 22.2. The zero-order valence-corrected chi connectivity index (χ0v) is 18.3. The summed E-state index contributed by atoms with van der Waals surface area (Å²) < 4.78 is 15.3. The number of nitrogens with zero attached hydrogens (tertiary/aromatic N) is 3. The van der Waals surface area contributed by atoms with Crippen molar-refractivity contribution in [3.63, 3.8) is 0 Å². The molecule has 1 N–H and O–H groups in total. The van der Waals surface area contributed by atoms with E-state index in [1.807, 2.05) is 38.1 Å². The van der Waals surface area contributed by atoms with Crippen molar-refractivity contribution in [2.24, 2.45) is 4.99 Å². The van der Waals surface area contributed by atoms with Crippen LogP contribution >= 0.6 is 11.8 Å². The third kappa shape index (κ3) is 3.83. The molecule has 158 valence electrons. The number of aryl methyl sites for hydroxylation is 1. The standard InChI is InChI=1S/C25H19FN4OS/c1-15-12-18(16(2)30(15)21-9-10-22-17(13-21)4-3-11-27-22)14-23-24(31)29-25(32-23)28-20-7-5-19(26)6-8-20/h3-14H,1-2H3,(H,28,29,31)/b23-14-. The number of pyridine rings is 1. The molecule has 0 radical (unpaired) electrons. The highest BCUT2D eigenvalue weighted by molar-refractivity contribution is 8.18. The number of hydrogen-bond acceptors (Lipinski definition) is 4. The summed E-state index contributed by atoms with van der Waals surface area (Å²) in [5, 5.41) is 4.33. The van der Waals surface area contributed by atoms with Crippen LogP contribution in [0, 0.1) is 19.7 Å². The third-order valence-corrected chi connectivity index (χ3v) is 6.22. The lowest BCUT2D eigenvalue weighted by Gasteiger charge is -2.10. The molecule has 1 amide bonds. The number of thioether (sulfide) groups is 1. The number of fused-ring (bicyclic) bond motifs is 1. The van der Waals surface area contributed by atoms with Crippen molar-refractivity contribution < 1.29 is 9.18 Å². The molecule has 0 unspecified atom stereocenters. The van der Waals surface area contributed by atoms with Crippen LogP contribution in [0.1, 0.15) is 17.0 Å². The Hall–Kier alpha value is -3.71. The van der Waals surface area contributed by atoms with Crippen LogP contribution < -0.4 is 5.32 Å². The predicted octanol–water partition coefficient (Wildman–Crippen LogP) is 5.67. The molecule has 0 atom stereocenters. The molecule has 7 heteroatoms. The fourth-order valence-corrected chi connectivity index (χ4v) is 4.62. The van der Waals surface area contributed by atoms with Crippen LogP contribution in [0.3, 0.4) is 0 Å². The molecule has 4 aromatic rings. The van der Waals surface area contributed by atoms with Crippen LogP contribution in [0.4, 0.5) is 10.1 Å². The molecule has 3 heterocycles. The Kier molecular flexibility index (Phi) is 5.11. The van der Waals surface area contributed by atoms with Gasteiger partial charge in [-0.3, -0.25) is 9.78 Å². The second-order valence-electron chi connectivity index (χ2n) is 7.50. The summed E-state index contributed by atoms with van der Waals surface area (Å²) in [5.74, 6) is -0.520. The van der Waals surface area contributed by atoms with Crippen LogP contribution in [-0.2, 0) is 4.79 Å². The monoisotopic (exact) mass is 442 g/mol. The lowest BCUT2D eigenvalue weighted by molar-refractivity contribution is -0.115. The lowest BCUT2D eigenvalue weighted by Crippen LogP contribution is -2.19. The fourth-order valence-electron chi connectivity index (χ4n) is 3.79. The molecule has 0 spiro atoms. The highest BCUT2D eigenvalue weighted by atomic mass is 32.2. The van der Waals surface area contributed by atoms with Gasteiger partial charge in [0.05, 0.1) is 16.1 Å². The summed E-state index contributed by atoms with van der Waals surface area (Å²) in [6, 6.07) is 18.1. The van der Waals surface area contributed by atoms with E-state index in [2.05, 4.69) is 38.1 Å². The largest absolute Gasteiger partial charge is 0.318 e. The van der Waals surface area contributed by atoms with Crippen molar-refractivity contribution in [2.75, 3.05) is 0 Å². The number of amidine groups is 1. The molecule has 1 aliphatic rings. The number of carbonyl (C=O) groups excluding carboxylic acids is 1. The van der Waals surface area contributed by atoms with Crippen molar-refractivity contribution in [1.29, 1.82) is 0 Å². The number of amides is 1.